The van der Waals surface area contributed by atoms with Crippen LogP contribution in [0.15, 0.2) is 36.4 Å². The molecule has 232 valence electrons. The van der Waals surface area contributed by atoms with Crippen molar-refractivity contribution in [3.8, 4) is 0 Å². The lowest BCUT2D eigenvalue weighted by atomic mass is 10.2. The number of nitrogens with one attached hydrogen (secondary N) is 3. The number of hydrogen-bond acceptors (Lipinski definition) is 8. The quantitative estimate of drug-likeness (QED) is 0.186. The summed E-state index contributed by atoms with van der Waals surface area (Å²) in [4.78, 5) is 86.4. The molecule has 0 radical (unpaired) electrons. The molecule has 4 N–H and O–H groups in total. The zero-order chi connectivity index (χ0) is 31.2. The van der Waals surface area contributed by atoms with Crippen molar-refractivity contribution in [3.05, 3.63) is 42.0 Å². The van der Waals surface area contributed by atoms with Gasteiger partial charge in [0.1, 0.15) is 6.61 Å². The lowest BCUT2D eigenvalue weighted by Crippen LogP contribution is -2.40. The summed E-state index contributed by atoms with van der Waals surface area (Å²) in [7, 11) is 0. The molecule has 15 nitrogen and oxygen atoms in total. The van der Waals surface area contributed by atoms with Gasteiger partial charge in [-0.25, -0.2) is 9.59 Å². The van der Waals surface area contributed by atoms with Crippen LogP contribution in [0.1, 0.15) is 37.7 Å². The highest BCUT2D eigenvalue weighted by Gasteiger charge is 2.23. The third kappa shape index (κ3) is 11.1. The van der Waals surface area contributed by atoms with Crippen molar-refractivity contribution in [2.24, 2.45) is 0 Å². The molecule has 0 spiro atoms. The Morgan fingerprint density at radius 1 is 0.767 bits per heavy atom. The van der Waals surface area contributed by atoms with Gasteiger partial charge in [0.15, 0.2) is 0 Å². The van der Waals surface area contributed by atoms with Crippen LogP contribution in [-0.4, -0.2) is 107 Å². The standard InChI is InChI=1S/C28H36N6O9/c35-22(5-2-1-3-14-34-25(38)10-11-26(34)39)29-17-23(36)30-18-24(37)31-21-8-6-20(7-9-21)19-43-28(42)33-13-4-12-32(15-16-33)27(40)41/h6-11H,1-5,12-19H2,(H,29,35)(H,30,36)(H,31,37)(H,40,41). The minimum absolute atomic E-state index is 0.00627. The third-order valence-corrected chi connectivity index (χ3v) is 6.70. The van der Waals surface area contributed by atoms with Crippen molar-refractivity contribution >= 4 is 47.4 Å². The molecule has 1 aromatic carbocycles. The Kier molecular flexibility index (Phi) is 12.5. The number of anilines is 1. The molecule has 7 amide bonds. The number of amides is 7. The van der Waals surface area contributed by atoms with E-state index in [1.54, 1.807) is 24.3 Å². The Labute approximate surface area is 248 Å². The number of carbonyl (C=O) groups is 7. The average Bonchev–Trinajstić information content (AvgIpc) is 3.16. The Bertz CT molecular complexity index is 1220. The van der Waals surface area contributed by atoms with Crippen LogP contribution < -0.4 is 16.0 Å². The van der Waals surface area contributed by atoms with E-state index in [0.29, 0.717) is 56.6 Å². The summed E-state index contributed by atoms with van der Waals surface area (Å²) >= 11 is 0. The number of benzene rings is 1. The first-order valence-electron chi connectivity index (χ1n) is 14.0. The van der Waals surface area contributed by atoms with E-state index in [-0.39, 0.29) is 56.9 Å². The summed E-state index contributed by atoms with van der Waals surface area (Å²) < 4.78 is 5.33. The number of rotatable bonds is 13. The van der Waals surface area contributed by atoms with Crippen molar-refractivity contribution in [2.45, 2.75) is 38.7 Å². The van der Waals surface area contributed by atoms with Crippen LogP contribution in [0.2, 0.25) is 0 Å². The maximum atomic E-state index is 12.4. The molecule has 43 heavy (non-hydrogen) atoms. The predicted octanol–water partition coefficient (Wildman–Crippen LogP) is 0.665. The smallest absolute Gasteiger partial charge is 0.410 e. The SMILES string of the molecule is O=C(CCCCCN1C(=O)C=CC1=O)NCC(=O)NCC(=O)Nc1ccc(COC(=O)N2CCCN(C(=O)O)CC2)cc1. The summed E-state index contributed by atoms with van der Waals surface area (Å²) in [6.07, 6.45) is 3.37. The van der Waals surface area contributed by atoms with Gasteiger partial charge in [-0.1, -0.05) is 18.6 Å². The fraction of sp³-hybridized carbons (Fsp3) is 0.464. The summed E-state index contributed by atoms with van der Waals surface area (Å²) in [5, 5.41) is 16.6. The number of nitrogens with zero attached hydrogens (tertiary/aromatic N) is 3. The van der Waals surface area contributed by atoms with Crippen molar-refractivity contribution in [2.75, 3.05) is 51.1 Å². The lowest BCUT2D eigenvalue weighted by molar-refractivity contribution is -0.137. The first-order valence-corrected chi connectivity index (χ1v) is 14.0. The van der Waals surface area contributed by atoms with Gasteiger partial charge in [0.25, 0.3) is 11.8 Å². The highest BCUT2D eigenvalue weighted by molar-refractivity contribution is 6.12. The Hall–Kier alpha value is -4.95. The van der Waals surface area contributed by atoms with Gasteiger partial charge in [0, 0.05) is 57.0 Å². The van der Waals surface area contributed by atoms with Gasteiger partial charge in [-0.05, 0) is 37.0 Å². The second-order valence-electron chi connectivity index (χ2n) is 9.94. The Morgan fingerprint density at radius 2 is 1.40 bits per heavy atom. The molecule has 2 aliphatic heterocycles. The lowest BCUT2D eigenvalue weighted by Gasteiger charge is -2.20. The van der Waals surface area contributed by atoms with Gasteiger partial charge in [-0.15, -0.1) is 0 Å². The topological polar surface area (TPSA) is 195 Å². The fourth-order valence-corrected chi connectivity index (χ4v) is 4.31. The van der Waals surface area contributed by atoms with Crippen LogP contribution in [0.5, 0.6) is 0 Å². The van der Waals surface area contributed by atoms with Crippen molar-refractivity contribution in [3.63, 3.8) is 0 Å². The van der Waals surface area contributed by atoms with E-state index in [0.717, 1.165) is 4.90 Å². The highest BCUT2D eigenvalue weighted by atomic mass is 16.6. The molecule has 0 bridgehead atoms. The molecule has 2 aliphatic rings. The van der Waals surface area contributed by atoms with E-state index in [9.17, 15) is 33.6 Å². The van der Waals surface area contributed by atoms with Crippen molar-refractivity contribution in [1.29, 1.82) is 0 Å². The second kappa shape index (κ2) is 16.5. The largest absolute Gasteiger partial charge is 0.465 e. The molecule has 1 saturated heterocycles. The van der Waals surface area contributed by atoms with Gasteiger partial charge in [0.05, 0.1) is 13.1 Å². The second-order valence-corrected chi connectivity index (χ2v) is 9.94. The first kappa shape index (κ1) is 32.6. The van der Waals surface area contributed by atoms with E-state index >= 15 is 0 Å². The van der Waals surface area contributed by atoms with E-state index in [1.807, 2.05) is 0 Å². The summed E-state index contributed by atoms with van der Waals surface area (Å²) in [5.41, 5.74) is 1.16. The molecule has 1 aromatic rings. The number of hydrogen-bond donors (Lipinski definition) is 4. The predicted molar refractivity (Wildman–Crippen MR) is 151 cm³/mol. The Balaban J connectivity index is 1.24. The van der Waals surface area contributed by atoms with E-state index in [4.69, 9.17) is 9.84 Å². The number of ether oxygens (including phenoxy) is 1. The molecule has 2 heterocycles. The average molecular weight is 601 g/mol. The van der Waals surface area contributed by atoms with Gasteiger partial charge >= 0.3 is 12.2 Å². The highest BCUT2D eigenvalue weighted by Crippen LogP contribution is 2.12. The van der Waals surface area contributed by atoms with E-state index in [1.165, 1.54) is 22.0 Å². The molecular formula is C28H36N6O9. The van der Waals surface area contributed by atoms with Crippen LogP contribution in [0.4, 0.5) is 15.3 Å². The summed E-state index contributed by atoms with van der Waals surface area (Å²) in [6, 6.07) is 6.59. The number of carboxylic acid groups (broad SMARTS) is 1. The number of unbranched alkanes of at least 4 members (excludes halogenated alkanes) is 2. The minimum atomic E-state index is -1.01. The molecule has 0 atom stereocenters. The summed E-state index contributed by atoms with van der Waals surface area (Å²) in [5.74, 6) is -1.99. The van der Waals surface area contributed by atoms with Gasteiger partial charge in [-0.2, -0.15) is 0 Å². The zero-order valence-corrected chi connectivity index (χ0v) is 23.7. The van der Waals surface area contributed by atoms with Crippen LogP contribution in [0.25, 0.3) is 0 Å². The van der Waals surface area contributed by atoms with Gasteiger partial charge in [-0.3, -0.25) is 28.9 Å². The molecule has 0 saturated carbocycles. The molecule has 15 heteroatoms. The van der Waals surface area contributed by atoms with E-state index < -0.39 is 24.0 Å². The molecular weight excluding hydrogens is 564 g/mol. The minimum Gasteiger partial charge on any atom is -0.465 e. The molecule has 1 fully saturated rings. The maximum Gasteiger partial charge on any atom is 0.410 e. The molecule has 0 aliphatic carbocycles. The van der Waals surface area contributed by atoms with Crippen LogP contribution in [0.3, 0.4) is 0 Å². The molecule has 0 aromatic heterocycles. The fourth-order valence-electron chi connectivity index (χ4n) is 4.31. The van der Waals surface area contributed by atoms with Crippen LogP contribution >= 0.6 is 0 Å². The monoisotopic (exact) mass is 600 g/mol. The number of carbonyl (C=O) groups excluding carboxylic acids is 6. The number of imide groups is 1. The maximum absolute atomic E-state index is 12.4. The van der Waals surface area contributed by atoms with Crippen LogP contribution in [0, 0.1) is 0 Å². The molecule has 0 unspecified atom stereocenters. The van der Waals surface area contributed by atoms with Crippen LogP contribution in [-0.2, 0) is 35.3 Å². The zero-order valence-electron chi connectivity index (χ0n) is 23.7. The summed E-state index contributed by atoms with van der Waals surface area (Å²) in [6.45, 7) is 0.976. The van der Waals surface area contributed by atoms with Gasteiger partial charge < -0.3 is 35.6 Å². The van der Waals surface area contributed by atoms with Crippen molar-refractivity contribution in [1.82, 2.24) is 25.3 Å². The van der Waals surface area contributed by atoms with E-state index in [2.05, 4.69) is 16.0 Å². The normalized spacial score (nSPS) is 14.7. The third-order valence-electron chi connectivity index (χ3n) is 6.70. The first-order chi connectivity index (χ1) is 20.6. The Morgan fingerprint density at radius 3 is 2.09 bits per heavy atom. The van der Waals surface area contributed by atoms with Gasteiger partial charge in [0.2, 0.25) is 17.7 Å². The molecule has 3 rings (SSSR count). The van der Waals surface area contributed by atoms with Crippen molar-refractivity contribution < 1.29 is 43.4 Å².